The van der Waals surface area contributed by atoms with Crippen molar-refractivity contribution in [2.75, 3.05) is 27.2 Å². The average Bonchev–Trinajstić information content (AvgIpc) is 3.80. The number of alkyl carbamates (subject to hydrolysis) is 1. The first-order chi connectivity index (χ1) is 25.6. The number of nitrogens with one attached hydrogen (secondary N) is 1. The van der Waals surface area contributed by atoms with Crippen molar-refractivity contribution in [1.29, 1.82) is 0 Å². The topological polar surface area (TPSA) is 174 Å². The lowest BCUT2D eigenvalue weighted by Crippen LogP contribution is -2.52. The second-order valence-electron chi connectivity index (χ2n) is 13.4. The molecule has 1 aromatic heterocycles. The van der Waals surface area contributed by atoms with Crippen LogP contribution in [0.4, 0.5) is 9.59 Å². The Morgan fingerprint density at radius 2 is 1.60 bits per heavy atom. The molecule has 0 unspecified atom stereocenters. The maximum Gasteiger partial charge on any atom is 0.409 e. The van der Waals surface area contributed by atoms with E-state index in [0.717, 1.165) is 11.1 Å². The van der Waals surface area contributed by atoms with Crippen LogP contribution in [0.2, 0.25) is 0 Å². The molecule has 1 aliphatic rings. The number of unbranched alkanes of at least 4 members (excludes halogenated alkanes) is 1. The lowest BCUT2D eigenvalue weighted by atomic mass is 9.89. The molecule has 0 bridgehead atoms. The molecular formula is C40H47N5O8. The molecule has 5 rings (SSSR count). The van der Waals surface area contributed by atoms with Crippen molar-refractivity contribution in [3.63, 3.8) is 0 Å². The number of likely N-dealkylation sites (tertiary alicyclic amines) is 1. The number of nitrogens with zero attached hydrogens (tertiary/aromatic N) is 3. The minimum atomic E-state index is -1.07. The Morgan fingerprint density at radius 3 is 2.28 bits per heavy atom. The normalized spacial score (nSPS) is 16.5. The summed E-state index contributed by atoms with van der Waals surface area (Å²) in [6.07, 6.45) is -0.131. The van der Waals surface area contributed by atoms with Gasteiger partial charge < -0.3 is 34.7 Å². The van der Waals surface area contributed by atoms with E-state index in [9.17, 15) is 24.0 Å². The fourth-order valence-corrected chi connectivity index (χ4v) is 6.39. The number of carbonyl (C=O) groups excluding carboxylic acids is 5. The third-order valence-corrected chi connectivity index (χ3v) is 9.25. The summed E-state index contributed by atoms with van der Waals surface area (Å²) in [5.74, 6) is -2.20. The van der Waals surface area contributed by atoms with Crippen LogP contribution in [0.1, 0.15) is 60.3 Å². The first-order valence-corrected chi connectivity index (χ1v) is 17.9. The van der Waals surface area contributed by atoms with Gasteiger partial charge >= 0.3 is 12.2 Å². The number of ether oxygens (including phenoxy) is 2. The smallest absolute Gasteiger partial charge is 0.409 e. The maximum atomic E-state index is 14.5. The lowest BCUT2D eigenvalue weighted by molar-refractivity contribution is -0.139. The summed E-state index contributed by atoms with van der Waals surface area (Å²) in [6, 6.07) is 23.6. The Balaban J connectivity index is 1.38. The first kappa shape index (κ1) is 38.7. The number of para-hydroxylation sites is 2. The Labute approximate surface area is 308 Å². The van der Waals surface area contributed by atoms with Crippen molar-refractivity contribution < 1.29 is 37.9 Å². The zero-order chi connectivity index (χ0) is 37.7. The predicted molar refractivity (Wildman–Crippen MR) is 197 cm³/mol. The second-order valence-corrected chi connectivity index (χ2v) is 13.4. The van der Waals surface area contributed by atoms with E-state index in [1.165, 1.54) is 23.9 Å². The van der Waals surface area contributed by atoms with Crippen molar-refractivity contribution in [2.45, 2.75) is 69.7 Å². The van der Waals surface area contributed by atoms with Crippen molar-refractivity contribution >= 4 is 40.8 Å². The van der Waals surface area contributed by atoms with Crippen LogP contribution >= 0.6 is 0 Å². The SMILES string of the molecule is CN(C)C(=O)O[C@@H]1C[C@@H](C(=O)C[C@@H](CCCCN)C(=O)c2nc3ccccc3o2)N(C(=O)[C@@H](CCc2ccccc2)NC(=O)OCc2ccccc2)C1. The molecule has 53 heavy (non-hydrogen) atoms. The summed E-state index contributed by atoms with van der Waals surface area (Å²) in [5, 5.41) is 2.73. The number of fused-ring (bicyclic) bond motifs is 1. The predicted octanol–water partition coefficient (Wildman–Crippen LogP) is 5.31. The number of hydrogen-bond acceptors (Lipinski definition) is 10. The number of ketones is 2. The summed E-state index contributed by atoms with van der Waals surface area (Å²) in [5.41, 5.74) is 8.46. The van der Waals surface area contributed by atoms with E-state index < -0.39 is 48.0 Å². The van der Waals surface area contributed by atoms with E-state index in [4.69, 9.17) is 19.6 Å². The highest BCUT2D eigenvalue weighted by Crippen LogP contribution is 2.29. The molecule has 3 amide bonds. The van der Waals surface area contributed by atoms with E-state index in [1.807, 2.05) is 60.7 Å². The number of Topliss-reactive ketones (excluding diaryl/α,β-unsaturated/α-hetero) is 2. The maximum absolute atomic E-state index is 14.5. The van der Waals surface area contributed by atoms with Crippen molar-refractivity contribution in [3.8, 4) is 0 Å². The van der Waals surface area contributed by atoms with Crippen LogP contribution in [0.3, 0.4) is 0 Å². The quantitative estimate of drug-likeness (QED) is 0.107. The molecule has 13 nitrogen and oxygen atoms in total. The zero-order valence-electron chi connectivity index (χ0n) is 30.1. The molecule has 280 valence electrons. The number of oxazole rings is 1. The van der Waals surface area contributed by atoms with E-state index in [-0.39, 0.29) is 44.1 Å². The summed E-state index contributed by atoms with van der Waals surface area (Å²) in [6.45, 7) is 0.348. The highest BCUT2D eigenvalue weighted by atomic mass is 16.6. The molecule has 1 saturated heterocycles. The number of amides is 3. The Kier molecular flexibility index (Phi) is 13.7. The molecule has 0 spiro atoms. The van der Waals surface area contributed by atoms with Crippen LogP contribution in [-0.4, -0.2) is 89.8 Å². The molecule has 0 radical (unpaired) electrons. The number of aryl methyl sites for hydroxylation is 1. The van der Waals surface area contributed by atoms with Gasteiger partial charge in [-0.2, -0.15) is 0 Å². The molecule has 1 fully saturated rings. The molecule has 2 heterocycles. The van der Waals surface area contributed by atoms with E-state index >= 15 is 0 Å². The average molecular weight is 726 g/mol. The number of aromatic nitrogens is 1. The van der Waals surface area contributed by atoms with Crippen molar-refractivity contribution in [1.82, 2.24) is 20.1 Å². The lowest BCUT2D eigenvalue weighted by Gasteiger charge is -2.29. The van der Waals surface area contributed by atoms with Gasteiger partial charge in [0.25, 0.3) is 5.89 Å². The van der Waals surface area contributed by atoms with Gasteiger partial charge in [0.1, 0.15) is 24.3 Å². The number of hydrogen-bond donors (Lipinski definition) is 2. The van der Waals surface area contributed by atoms with Gasteiger partial charge in [-0.05, 0) is 55.5 Å². The minimum Gasteiger partial charge on any atom is -0.445 e. The first-order valence-electron chi connectivity index (χ1n) is 17.9. The molecular weight excluding hydrogens is 678 g/mol. The van der Waals surface area contributed by atoms with Crippen LogP contribution in [0.5, 0.6) is 0 Å². The third-order valence-electron chi connectivity index (χ3n) is 9.25. The second kappa shape index (κ2) is 18.8. The largest absolute Gasteiger partial charge is 0.445 e. The van der Waals surface area contributed by atoms with Crippen LogP contribution in [-0.2, 0) is 32.1 Å². The molecule has 1 aliphatic heterocycles. The number of nitrogens with two attached hydrogens (primary N) is 1. The fraction of sp³-hybridized carbons (Fsp3) is 0.400. The van der Waals surface area contributed by atoms with Crippen LogP contribution in [0.25, 0.3) is 11.1 Å². The van der Waals surface area contributed by atoms with Crippen LogP contribution in [0, 0.1) is 5.92 Å². The third kappa shape index (κ3) is 10.7. The minimum absolute atomic E-state index is 0.000679. The van der Waals surface area contributed by atoms with E-state index in [0.29, 0.717) is 43.3 Å². The summed E-state index contributed by atoms with van der Waals surface area (Å²) in [7, 11) is 3.08. The van der Waals surface area contributed by atoms with Gasteiger partial charge in [-0.1, -0.05) is 79.2 Å². The van der Waals surface area contributed by atoms with Gasteiger partial charge in [-0.25, -0.2) is 14.6 Å². The summed E-state index contributed by atoms with van der Waals surface area (Å²) < 4.78 is 16.9. The van der Waals surface area contributed by atoms with Crippen LogP contribution in [0.15, 0.2) is 89.3 Å². The summed E-state index contributed by atoms with van der Waals surface area (Å²) >= 11 is 0. The number of carbonyl (C=O) groups is 5. The monoisotopic (exact) mass is 725 g/mol. The van der Waals surface area contributed by atoms with Gasteiger partial charge in [0.05, 0.1) is 12.6 Å². The molecule has 3 N–H and O–H groups in total. The molecule has 0 aliphatic carbocycles. The Hall–Kier alpha value is -5.56. The van der Waals surface area contributed by atoms with Crippen LogP contribution < -0.4 is 11.1 Å². The van der Waals surface area contributed by atoms with Gasteiger partial charge in [-0.15, -0.1) is 0 Å². The standard InChI is InChI=1S/C40H47N5O8/c1-44(2)40(50)52-30-24-33(34(46)23-29(17-11-12-22-41)36(47)37-42-31-18-9-10-19-35(31)53-37)45(25-30)38(48)32(21-20-27-13-5-3-6-14-27)43-39(49)51-26-28-15-7-4-8-16-28/h3-10,13-16,18-19,29-30,32-33H,11-12,17,20-26,41H2,1-2H3,(H,43,49)/t29-,30-,32-,33+/m1/s1. The summed E-state index contributed by atoms with van der Waals surface area (Å²) in [4.78, 5) is 75.2. The van der Waals surface area contributed by atoms with E-state index in [2.05, 4.69) is 10.3 Å². The highest BCUT2D eigenvalue weighted by molar-refractivity contribution is 6.00. The molecule has 3 aromatic carbocycles. The van der Waals surface area contributed by atoms with E-state index in [1.54, 1.807) is 24.3 Å². The molecule has 0 saturated carbocycles. The molecule has 4 atom stereocenters. The molecule has 13 heteroatoms. The van der Waals surface area contributed by atoms with Crippen molar-refractivity contribution in [2.24, 2.45) is 11.7 Å². The van der Waals surface area contributed by atoms with Crippen molar-refractivity contribution in [3.05, 3.63) is 102 Å². The fourth-order valence-electron chi connectivity index (χ4n) is 6.39. The van der Waals surface area contributed by atoms with Gasteiger partial charge in [0.15, 0.2) is 11.4 Å². The zero-order valence-corrected chi connectivity index (χ0v) is 30.1. The number of rotatable bonds is 17. The van der Waals surface area contributed by atoms with Gasteiger partial charge in [-0.3, -0.25) is 14.4 Å². The Bertz CT molecular complexity index is 1810. The molecule has 4 aromatic rings. The van der Waals surface area contributed by atoms with Gasteiger partial charge in [0.2, 0.25) is 11.7 Å². The highest BCUT2D eigenvalue weighted by Gasteiger charge is 2.44. The Morgan fingerprint density at radius 1 is 0.925 bits per heavy atom. The van der Waals surface area contributed by atoms with Gasteiger partial charge in [0, 0.05) is 32.9 Å². The number of benzene rings is 3.